The zero-order chi connectivity index (χ0) is 13.0. The summed E-state index contributed by atoms with van der Waals surface area (Å²) in [4.78, 5) is 2.41. The van der Waals surface area contributed by atoms with Gasteiger partial charge in [-0.3, -0.25) is 10.3 Å². The van der Waals surface area contributed by atoms with Crippen molar-refractivity contribution in [1.29, 1.82) is 5.41 Å². The molecule has 4 nitrogen and oxygen atoms in total. The van der Waals surface area contributed by atoms with E-state index < -0.39 is 0 Å². The number of methoxy groups -OCH3 is 1. The third kappa shape index (κ3) is 3.23. The van der Waals surface area contributed by atoms with Crippen LogP contribution in [0.25, 0.3) is 0 Å². The minimum atomic E-state index is 0.284. The van der Waals surface area contributed by atoms with Crippen LogP contribution in [0.5, 0.6) is 5.75 Å². The molecule has 0 spiro atoms. The normalized spacial score (nSPS) is 17.6. The third-order valence-corrected chi connectivity index (χ3v) is 3.57. The summed E-state index contributed by atoms with van der Waals surface area (Å²) < 4.78 is 5.23. The van der Waals surface area contributed by atoms with Crippen molar-refractivity contribution in [2.24, 2.45) is 11.7 Å². The Hall–Kier alpha value is -1.55. The predicted molar refractivity (Wildman–Crippen MR) is 72.9 cm³/mol. The van der Waals surface area contributed by atoms with Gasteiger partial charge in [-0.1, -0.05) is 12.1 Å². The van der Waals surface area contributed by atoms with Gasteiger partial charge in [-0.2, -0.15) is 0 Å². The molecule has 0 amide bonds. The number of likely N-dealkylation sites (tertiary alicyclic amines) is 1. The van der Waals surface area contributed by atoms with Crippen LogP contribution in [0.1, 0.15) is 18.4 Å². The molecule has 1 aliphatic rings. The summed E-state index contributed by atoms with van der Waals surface area (Å²) in [5.41, 5.74) is 6.83. The molecule has 0 aromatic heterocycles. The van der Waals surface area contributed by atoms with Gasteiger partial charge in [0, 0.05) is 12.5 Å². The lowest BCUT2D eigenvalue weighted by atomic mass is 9.95. The van der Waals surface area contributed by atoms with Gasteiger partial charge >= 0.3 is 0 Å². The van der Waals surface area contributed by atoms with Gasteiger partial charge in [-0.15, -0.1) is 0 Å². The smallest absolute Gasteiger partial charge is 0.119 e. The molecule has 0 unspecified atom stereocenters. The number of nitrogens with zero attached hydrogens (tertiary/aromatic N) is 1. The van der Waals surface area contributed by atoms with Gasteiger partial charge in [0.25, 0.3) is 0 Å². The van der Waals surface area contributed by atoms with Crippen molar-refractivity contribution < 1.29 is 4.74 Å². The second kappa shape index (κ2) is 5.87. The number of hydrogen-bond donors (Lipinski definition) is 2. The summed E-state index contributed by atoms with van der Waals surface area (Å²) in [6.45, 7) is 2.98. The Morgan fingerprint density at radius 3 is 2.78 bits per heavy atom. The van der Waals surface area contributed by atoms with Crippen LogP contribution in [0.15, 0.2) is 24.3 Å². The highest BCUT2D eigenvalue weighted by Crippen LogP contribution is 2.20. The Labute approximate surface area is 108 Å². The Morgan fingerprint density at radius 1 is 1.44 bits per heavy atom. The second-order valence-corrected chi connectivity index (χ2v) is 4.86. The second-order valence-electron chi connectivity index (χ2n) is 4.86. The molecule has 2 rings (SSSR count). The van der Waals surface area contributed by atoms with E-state index in [2.05, 4.69) is 17.0 Å². The fraction of sp³-hybridized carbons (Fsp3) is 0.500. The van der Waals surface area contributed by atoms with Crippen molar-refractivity contribution in [2.45, 2.75) is 19.4 Å². The van der Waals surface area contributed by atoms with E-state index in [0.717, 1.165) is 38.2 Å². The van der Waals surface area contributed by atoms with Crippen molar-refractivity contribution in [2.75, 3.05) is 20.2 Å². The van der Waals surface area contributed by atoms with Crippen molar-refractivity contribution in [3.8, 4) is 5.75 Å². The van der Waals surface area contributed by atoms with E-state index in [4.69, 9.17) is 15.9 Å². The number of benzene rings is 1. The van der Waals surface area contributed by atoms with Gasteiger partial charge in [0.2, 0.25) is 0 Å². The van der Waals surface area contributed by atoms with Gasteiger partial charge in [-0.05, 0) is 43.6 Å². The lowest BCUT2D eigenvalue weighted by Gasteiger charge is -2.31. The molecular formula is C14H21N3O. The zero-order valence-electron chi connectivity index (χ0n) is 10.9. The molecule has 0 radical (unpaired) electrons. The number of piperidine rings is 1. The Balaban J connectivity index is 1.89. The lowest BCUT2D eigenvalue weighted by molar-refractivity contribution is 0.201. The van der Waals surface area contributed by atoms with E-state index >= 15 is 0 Å². The van der Waals surface area contributed by atoms with Gasteiger partial charge in [0.1, 0.15) is 5.75 Å². The number of nitrogens with one attached hydrogen (secondary N) is 1. The van der Waals surface area contributed by atoms with Crippen LogP contribution in [0.3, 0.4) is 0 Å². The quantitative estimate of drug-likeness (QED) is 0.630. The lowest BCUT2D eigenvalue weighted by Crippen LogP contribution is -2.37. The summed E-state index contributed by atoms with van der Waals surface area (Å²) in [6.07, 6.45) is 2.00. The van der Waals surface area contributed by atoms with Crippen LogP contribution >= 0.6 is 0 Å². The van der Waals surface area contributed by atoms with Crippen LogP contribution in [-0.4, -0.2) is 30.9 Å². The first-order valence-corrected chi connectivity index (χ1v) is 6.38. The summed E-state index contributed by atoms with van der Waals surface area (Å²) in [7, 11) is 1.69. The molecular weight excluding hydrogens is 226 g/mol. The molecule has 3 N–H and O–H groups in total. The fourth-order valence-corrected chi connectivity index (χ4v) is 2.43. The Bertz CT molecular complexity index is 411. The van der Waals surface area contributed by atoms with E-state index in [9.17, 15) is 0 Å². The van der Waals surface area contributed by atoms with Crippen molar-refractivity contribution in [3.63, 3.8) is 0 Å². The molecule has 0 atom stereocenters. The third-order valence-electron chi connectivity index (χ3n) is 3.57. The average Bonchev–Trinajstić information content (AvgIpc) is 2.39. The molecule has 0 bridgehead atoms. The largest absolute Gasteiger partial charge is 0.497 e. The first kappa shape index (κ1) is 12.9. The van der Waals surface area contributed by atoms with Crippen LogP contribution in [0.4, 0.5) is 0 Å². The van der Waals surface area contributed by atoms with Crippen LogP contribution in [-0.2, 0) is 6.54 Å². The Kier molecular flexibility index (Phi) is 4.20. The van der Waals surface area contributed by atoms with Crippen LogP contribution < -0.4 is 10.5 Å². The molecule has 1 aromatic rings. The number of hydrogen-bond acceptors (Lipinski definition) is 3. The molecule has 1 aromatic carbocycles. The topological polar surface area (TPSA) is 62.3 Å². The van der Waals surface area contributed by atoms with E-state index in [1.54, 1.807) is 7.11 Å². The summed E-state index contributed by atoms with van der Waals surface area (Å²) >= 11 is 0. The van der Waals surface area contributed by atoms with E-state index in [1.165, 1.54) is 5.56 Å². The Morgan fingerprint density at radius 2 is 2.17 bits per heavy atom. The van der Waals surface area contributed by atoms with E-state index in [1.807, 2.05) is 12.1 Å². The SMILES string of the molecule is COc1cccc(CN2CCC(C(=N)N)CC2)c1. The average molecular weight is 247 g/mol. The molecule has 1 saturated heterocycles. The first-order chi connectivity index (χ1) is 8.69. The van der Waals surface area contributed by atoms with Crippen molar-refractivity contribution in [3.05, 3.63) is 29.8 Å². The zero-order valence-corrected chi connectivity index (χ0v) is 10.9. The van der Waals surface area contributed by atoms with Crippen molar-refractivity contribution in [1.82, 2.24) is 4.90 Å². The molecule has 1 heterocycles. The van der Waals surface area contributed by atoms with Crippen LogP contribution in [0.2, 0.25) is 0 Å². The minimum Gasteiger partial charge on any atom is -0.497 e. The maximum atomic E-state index is 7.47. The molecule has 0 aliphatic carbocycles. The minimum absolute atomic E-state index is 0.284. The maximum absolute atomic E-state index is 7.47. The van der Waals surface area contributed by atoms with Crippen LogP contribution in [0, 0.1) is 11.3 Å². The van der Waals surface area contributed by atoms with Gasteiger partial charge in [0.05, 0.1) is 12.9 Å². The standard InChI is InChI=1S/C14H21N3O/c1-18-13-4-2-3-11(9-13)10-17-7-5-12(6-8-17)14(15)16/h2-4,9,12H,5-8,10H2,1H3,(H3,15,16). The van der Waals surface area contributed by atoms with Gasteiger partial charge in [0.15, 0.2) is 0 Å². The molecule has 1 aliphatic heterocycles. The van der Waals surface area contributed by atoms with E-state index in [0.29, 0.717) is 5.84 Å². The molecule has 98 valence electrons. The highest BCUT2D eigenvalue weighted by Gasteiger charge is 2.21. The number of rotatable bonds is 4. The molecule has 0 saturated carbocycles. The maximum Gasteiger partial charge on any atom is 0.119 e. The molecule has 4 heteroatoms. The monoisotopic (exact) mass is 247 g/mol. The highest BCUT2D eigenvalue weighted by atomic mass is 16.5. The predicted octanol–water partition coefficient (Wildman–Crippen LogP) is 1.84. The number of amidine groups is 1. The summed E-state index contributed by atoms with van der Waals surface area (Å²) in [5, 5.41) is 7.47. The highest BCUT2D eigenvalue weighted by molar-refractivity contribution is 5.79. The van der Waals surface area contributed by atoms with E-state index in [-0.39, 0.29) is 5.92 Å². The fourth-order valence-electron chi connectivity index (χ4n) is 2.43. The summed E-state index contributed by atoms with van der Waals surface area (Å²) in [6, 6.07) is 8.19. The molecule has 18 heavy (non-hydrogen) atoms. The number of nitrogens with two attached hydrogens (primary N) is 1. The number of ether oxygens (including phenoxy) is 1. The van der Waals surface area contributed by atoms with Crippen molar-refractivity contribution >= 4 is 5.84 Å². The molecule has 1 fully saturated rings. The summed E-state index contributed by atoms with van der Waals surface area (Å²) in [5.74, 6) is 1.54. The first-order valence-electron chi connectivity index (χ1n) is 6.38. The van der Waals surface area contributed by atoms with Gasteiger partial charge in [-0.25, -0.2) is 0 Å². The van der Waals surface area contributed by atoms with Gasteiger partial charge < -0.3 is 10.5 Å².